The number of halogens is 1. The highest BCUT2D eigenvalue weighted by molar-refractivity contribution is 7.18. The molecule has 9 heteroatoms. The van der Waals surface area contributed by atoms with Gasteiger partial charge in [-0.1, -0.05) is 29.8 Å². The molecule has 0 spiro atoms. The van der Waals surface area contributed by atoms with Crippen molar-refractivity contribution in [3.63, 3.8) is 0 Å². The molecule has 4 aromatic rings. The Balaban J connectivity index is 1.59. The molecule has 7 nitrogen and oxygen atoms in total. The molecule has 0 aliphatic rings. The average Bonchev–Trinajstić information content (AvgIpc) is 3.52. The Hall–Kier alpha value is -3.88. The van der Waals surface area contributed by atoms with Gasteiger partial charge in [-0.15, -0.1) is 11.3 Å². The molecule has 0 saturated carbocycles. The predicted molar refractivity (Wildman–Crippen MR) is 136 cm³/mol. The molecule has 0 amide bonds. The Morgan fingerprint density at radius 2 is 1.80 bits per heavy atom. The number of nitrogens with zero attached hydrogens (tertiary/aromatic N) is 2. The average molecular weight is 509 g/mol. The molecule has 0 aliphatic carbocycles. The largest absolute Gasteiger partial charge is 0.493 e. The second-order valence-electron chi connectivity index (χ2n) is 7.25. The van der Waals surface area contributed by atoms with Crippen LogP contribution in [0.1, 0.15) is 15.2 Å². The number of para-hydroxylation sites is 1. The molecule has 0 bridgehead atoms. The molecule has 35 heavy (non-hydrogen) atoms. The summed E-state index contributed by atoms with van der Waals surface area (Å²) in [5.74, 6) is 0.190. The van der Waals surface area contributed by atoms with Gasteiger partial charge >= 0.3 is 5.97 Å². The molecule has 2 heterocycles. The lowest BCUT2D eigenvalue weighted by Crippen LogP contribution is -2.11. The number of Topliss-reactive ketones (excluding diaryl/α,β-unsaturated/α-hetero) is 1. The highest BCUT2D eigenvalue weighted by atomic mass is 35.5. The minimum Gasteiger partial charge on any atom is -0.493 e. The standard InChI is InChI=1S/C26H21ClN2O5S/c1-32-21-10-8-17(14-22(21)33-2)26-18(15-29(28-26)19-6-4-3-5-7-19)9-13-25(31)34-16-20(30)23-11-12-24(27)35-23/h3-15H,16H2,1-2H3/b13-9+. The summed E-state index contributed by atoms with van der Waals surface area (Å²) in [5.41, 5.74) is 2.93. The number of ether oxygens (including phenoxy) is 3. The summed E-state index contributed by atoms with van der Waals surface area (Å²) in [7, 11) is 3.13. The second-order valence-corrected chi connectivity index (χ2v) is 8.97. The first kappa shape index (κ1) is 24.3. The molecule has 0 unspecified atom stereocenters. The van der Waals surface area contributed by atoms with Crippen molar-refractivity contribution in [2.24, 2.45) is 0 Å². The van der Waals surface area contributed by atoms with Gasteiger partial charge in [0.1, 0.15) is 5.69 Å². The monoisotopic (exact) mass is 508 g/mol. The number of carbonyl (C=O) groups excluding carboxylic acids is 2. The third-order valence-corrected chi connectivity index (χ3v) is 6.28. The molecule has 178 valence electrons. The van der Waals surface area contributed by atoms with Crippen LogP contribution in [0.25, 0.3) is 23.0 Å². The number of ketones is 1. The van der Waals surface area contributed by atoms with E-state index in [0.717, 1.165) is 22.6 Å². The quantitative estimate of drug-likeness (QED) is 0.164. The lowest BCUT2D eigenvalue weighted by molar-refractivity contribution is -0.136. The Morgan fingerprint density at radius 3 is 2.49 bits per heavy atom. The van der Waals surface area contributed by atoms with Crippen molar-refractivity contribution < 1.29 is 23.8 Å². The number of rotatable bonds is 9. The molecule has 2 aromatic carbocycles. The number of thiophene rings is 1. The van der Waals surface area contributed by atoms with Crippen molar-refractivity contribution in [1.29, 1.82) is 0 Å². The Bertz CT molecular complexity index is 1380. The number of esters is 1. The lowest BCUT2D eigenvalue weighted by Gasteiger charge is -2.09. The zero-order chi connectivity index (χ0) is 24.8. The minimum absolute atomic E-state index is 0.313. The highest BCUT2D eigenvalue weighted by Gasteiger charge is 2.15. The van der Waals surface area contributed by atoms with Crippen molar-refractivity contribution in [1.82, 2.24) is 9.78 Å². The normalized spacial score (nSPS) is 10.9. The highest BCUT2D eigenvalue weighted by Crippen LogP contribution is 2.33. The van der Waals surface area contributed by atoms with Crippen molar-refractivity contribution in [3.05, 3.63) is 87.7 Å². The molecule has 4 rings (SSSR count). The smallest absolute Gasteiger partial charge is 0.331 e. The number of carbonyl (C=O) groups is 2. The summed E-state index contributed by atoms with van der Waals surface area (Å²) in [6.07, 6.45) is 4.68. The zero-order valence-corrected chi connectivity index (χ0v) is 20.5. The maximum atomic E-state index is 12.3. The van der Waals surface area contributed by atoms with Crippen LogP contribution >= 0.6 is 22.9 Å². The Kier molecular flexibility index (Phi) is 7.64. The molecule has 0 aliphatic heterocycles. The number of hydrogen-bond donors (Lipinski definition) is 0. The number of methoxy groups -OCH3 is 2. The first-order valence-electron chi connectivity index (χ1n) is 10.5. The summed E-state index contributed by atoms with van der Waals surface area (Å²) < 4.78 is 18.1. The van der Waals surface area contributed by atoms with E-state index in [9.17, 15) is 9.59 Å². The van der Waals surface area contributed by atoms with Gasteiger partial charge in [-0.05, 0) is 48.5 Å². The van der Waals surface area contributed by atoms with Crippen molar-refractivity contribution in [2.45, 2.75) is 0 Å². The summed E-state index contributed by atoms with van der Waals surface area (Å²) in [4.78, 5) is 24.9. The fourth-order valence-electron chi connectivity index (χ4n) is 3.31. The number of aromatic nitrogens is 2. The van der Waals surface area contributed by atoms with Crippen molar-refractivity contribution in [3.8, 4) is 28.4 Å². The van der Waals surface area contributed by atoms with Crippen LogP contribution in [-0.4, -0.2) is 42.4 Å². The fourth-order valence-corrected chi connectivity index (χ4v) is 4.28. The van der Waals surface area contributed by atoms with Gasteiger partial charge in [0.25, 0.3) is 0 Å². The molecule has 0 saturated heterocycles. The van der Waals surface area contributed by atoms with Crippen molar-refractivity contribution in [2.75, 3.05) is 20.8 Å². The van der Waals surface area contributed by atoms with E-state index in [2.05, 4.69) is 0 Å². The second kappa shape index (κ2) is 11.0. The number of hydrogen-bond acceptors (Lipinski definition) is 7. The maximum Gasteiger partial charge on any atom is 0.331 e. The van der Waals surface area contributed by atoms with E-state index in [1.807, 2.05) is 48.7 Å². The minimum atomic E-state index is -0.647. The maximum absolute atomic E-state index is 12.3. The summed E-state index contributed by atoms with van der Waals surface area (Å²) >= 11 is 7.00. The van der Waals surface area contributed by atoms with Gasteiger partial charge in [0.15, 0.2) is 18.1 Å². The van der Waals surface area contributed by atoms with Crippen LogP contribution in [0.3, 0.4) is 0 Å². The van der Waals surface area contributed by atoms with E-state index in [-0.39, 0.29) is 12.4 Å². The van der Waals surface area contributed by atoms with E-state index < -0.39 is 5.97 Å². The van der Waals surface area contributed by atoms with Gasteiger partial charge in [0.05, 0.1) is 29.1 Å². The van der Waals surface area contributed by atoms with Gasteiger partial charge < -0.3 is 14.2 Å². The van der Waals surface area contributed by atoms with Crippen LogP contribution in [-0.2, 0) is 9.53 Å². The van der Waals surface area contributed by atoms with Crippen LogP contribution < -0.4 is 9.47 Å². The van der Waals surface area contributed by atoms with Gasteiger partial charge in [-0.3, -0.25) is 4.79 Å². The first-order chi connectivity index (χ1) is 17.0. The van der Waals surface area contributed by atoms with E-state index in [1.165, 1.54) is 6.08 Å². The Morgan fingerprint density at radius 1 is 1.03 bits per heavy atom. The fraction of sp³-hybridized carbons (Fsp3) is 0.115. The summed E-state index contributed by atoms with van der Waals surface area (Å²) in [6.45, 7) is -0.369. The van der Waals surface area contributed by atoms with E-state index >= 15 is 0 Å². The van der Waals surface area contributed by atoms with Gasteiger partial charge in [-0.2, -0.15) is 5.10 Å². The van der Waals surface area contributed by atoms with E-state index in [0.29, 0.717) is 32.0 Å². The predicted octanol–water partition coefficient (Wildman–Crippen LogP) is 5.71. The molecule has 0 N–H and O–H groups in total. The van der Waals surface area contributed by atoms with Gasteiger partial charge in [-0.25, -0.2) is 9.48 Å². The van der Waals surface area contributed by atoms with Crippen LogP contribution in [0, 0.1) is 0 Å². The molecule has 0 radical (unpaired) electrons. The third kappa shape index (κ3) is 5.79. The third-order valence-electron chi connectivity index (χ3n) is 5.01. The molecular weight excluding hydrogens is 488 g/mol. The summed E-state index contributed by atoms with van der Waals surface area (Å²) in [6, 6.07) is 18.3. The molecular formula is C26H21ClN2O5S. The van der Waals surface area contributed by atoms with Crippen LogP contribution in [0.4, 0.5) is 0 Å². The number of benzene rings is 2. The van der Waals surface area contributed by atoms with Crippen LogP contribution in [0.2, 0.25) is 4.34 Å². The Labute approximate surface area is 211 Å². The van der Waals surface area contributed by atoms with Crippen LogP contribution in [0.5, 0.6) is 11.5 Å². The van der Waals surface area contributed by atoms with Gasteiger partial charge in [0, 0.05) is 23.4 Å². The van der Waals surface area contributed by atoms with E-state index in [4.69, 9.17) is 30.9 Å². The zero-order valence-electron chi connectivity index (χ0n) is 18.9. The molecule has 0 fully saturated rings. The molecule has 0 atom stereocenters. The van der Waals surface area contributed by atoms with Gasteiger partial charge in [0.2, 0.25) is 5.78 Å². The van der Waals surface area contributed by atoms with E-state index in [1.54, 1.807) is 43.2 Å². The van der Waals surface area contributed by atoms with Crippen molar-refractivity contribution >= 4 is 40.8 Å². The SMILES string of the molecule is COc1ccc(-c2nn(-c3ccccc3)cc2/C=C/C(=O)OCC(=O)c2ccc(Cl)s2)cc1OC. The summed E-state index contributed by atoms with van der Waals surface area (Å²) in [5, 5.41) is 4.73. The first-order valence-corrected chi connectivity index (χ1v) is 11.7. The lowest BCUT2D eigenvalue weighted by atomic mass is 10.1. The molecule has 2 aromatic heterocycles. The van der Waals surface area contributed by atoms with Crippen LogP contribution in [0.15, 0.2) is 72.9 Å². The topological polar surface area (TPSA) is 79.7 Å².